The first-order valence-corrected chi connectivity index (χ1v) is 11.2. The van der Waals surface area contributed by atoms with Crippen molar-refractivity contribution in [2.45, 2.75) is 31.5 Å². The normalized spacial score (nSPS) is 19.7. The first-order valence-electron chi connectivity index (χ1n) is 10.3. The Labute approximate surface area is 187 Å². The van der Waals surface area contributed by atoms with Crippen LogP contribution in [0.25, 0.3) is 0 Å². The molecule has 6 heteroatoms. The Morgan fingerprint density at radius 3 is 2.40 bits per heavy atom. The van der Waals surface area contributed by atoms with Gasteiger partial charge in [0.15, 0.2) is 0 Å². The van der Waals surface area contributed by atoms with Gasteiger partial charge in [0.05, 0.1) is 6.04 Å². The Morgan fingerprint density at radius 1 is 0.933 bits per heavy atom. The van der Waals surface area contributed by atoms with E-state index in [0.717, 1.165) is 38.2 Å². The fraction of sp³-hybridized carbons (Fsp3) is 0.292. The Morgan fingerprint density at radius 2 is 1.67 bits per heavy atom. The second-order valence-electron chi connectivity index (χ2n) is 7.82. The number of nitrogens with zero attached hydrogens (tertiary/aromatic N) is 2. The monoisotopic (exact) mass is 439 g/mol. The predicted octanol–water partition coefficient (Wildman–Crippen LogP) is 5.77. The maximum absolute atomic E-state index is 13.2. The fourth-order valence-corrected chi connectivity index (χ4v) is 5.37. The van der Waals surface area contributed by atoms with E-state index in [-0.39, 0.29) is 30.5 Å². The molecule has 1 N–H and O–H groups in total. The van der Waals surface area contributed by atoms with Crippen molar-refractivity contribution in [1.82, 2.24) is 9.80 Å². The lowest BCUT2D eigenvalue weighted by atomic mass is 9.90. The van der Waals surface area contributed by atoms with E-state index in [9.17, 15) is 4.79 Å². The molecule has 0 radical (unpaired) electrons. The van der Waals surface area contributed by atoms with Gasteiger partial charge in [0.1, 0.15) is 0 Å². The van der Waals surface area contributed by atoms with Gasteiger partial charge < -0.3 is 10.2 Å². The number of anilines is 1. The van der Waals surface area contributed by atoms with E-state index in [2.05, 4.69) is 69.0 Å². The van der Waals surface area contributed by atoms with Crippen LogP contribution in [0.1, 0.15) is 34.9 Å². The van der Waals surface area contributed by atoms with Gasteiger partial charge in [-0.1, -0.05) is 54.6 Å². The average molecular weight is 440 g/mol. The van der Waals surface area contributed by atoms with Crippen molar-refractivity contribution in [2.24, 2.45) is 0 Å². The molecular formula is C24H26ClN3OS. The molecule has 0 aliphatic carbocycles. The SMILES string of the molecule is Cl.O=C1Nc2ccccc2C(c2ccccc2)N1C1CCN(Cc2cccs2)CC1. The maximum atomic E-state index is 13.2. The number of carbonyl (C=O) groups is 1. The minimum Gasteiger partial charge on any atom is -0.310 e. The van der Waals surface area contributed by atoms with E-state index in [1.54, 1.807) is 0 Å². The zero-order chi connectivity index (χ0) is 19.6. The quantitative estimate of drug-likeness (QED) is 0.560. The third-order valence-corrected chi connectivity index (χ3v) is 6.90. The van der Waals surface area contributed by atoms with Crippen molar-refractivity contribution in [2.75, 3.05) is 18.4 Å². The molecule has 0 bridgehead atoms. The number of benzene rings is 2. The maximum Gasteiger partial charge on any atom is 0.322 e. The van der Waals surface area contributed by atoms with Gasteiger partial charge in [0.25, 0.3) is 0 Å². The number of piperidine rings is 1. The molecule has 2 amide bonds. The molecule has 4 nitrogen and oxygen atoms in total. The zero-order valence-electron chi connectivity index (χ0n) is 16.7. The highest BCUT2D eigenvalue weighted by molar-refractivity contribution is 7.09. The highest BCUT2D eigenvalue weighted by Gasteiger charge is 2.38. The average Bonchev–Trinajstić information content (AvgIpc) is 3.27. The fourth-order valence-electron chi connectivity index (χ4n) is 4.63. The summed E-state index contributed by atoms with van der Waals surface area (Å²) >= 11 is 1.82. The summed E-state index contributed by atoms with van der Waals surface area (Å²) in [5.41, 5.74) is 3.29. The van der Waals surface area contributed by atoms with Gasteiger partial charge in [-0.3, -0.25) is 4.90 Å². The Kier molecular flexibility index (Phi) is 6.42. The van der Waals surface area contributed by atoms with E-state index >= 15 is 0 Å². The molecule has 2 aliphatic heterocycles. The first kappa shape index (κ1) is 20.9. The van der Waals surface area contributed by atoms with Gasteiger partial charge in [-0.2, -0.15) is 0 Å². The van der Waals surface area contributed by atoms with Crippen LogP contribution in [0.4, 0.5) is 10.5 Å². The summed E-state index contributed by atoms with van der Waals surface area (Å²) in [6, 6.07) is 23.2. The molecule has 1 saturated heterocycles. The van der Waals surface area contributed by atoms with Crippen molar-refractivity contribution in [3.05, 3.63) is 88.1 Å². The van der Waals surface area contributed by atoms with E-state index in [1.165, 1.54) is 16.0 Å². The molecule has 30 heavy (non-hydrogen) atoms. The van der Waals surface area contributed by atoms with E-state index in [4.69, 9.17) is 0 Å². The highest BCUT2D eigenvalue weighted by Crippen LogP contribution is 2.40. The lowest BCUT2D eigenvalue weighted by Gasteiger charge is -2.45. The van der Waals surface area contributed by atoms with Gasteiger partial charge in [0, 0.05) is 41.8 Å². The Hall–Kier alpha value is -2.34. The van der Waals surface area contributed by atoms with Crippen molar-refractivity contribution >= 4 is 35.5 Å². The zero-order valence-corrected chi connectivity index (χ0v) is 18.4. The number of halogens is 1. The molecule has 1 unspecified atom stereocenters. The number of thiophene rings is 1. The van der Waals surface area contributed by atoms with Crippen molar-refractivity contribution in [3.63, 3.8) is 0 Å². The minimum atomic E-state index is -0.0324. The van der Waals surface area contributed by atoms with Crippen LogP contribution < -0.4 is 5.32 Å². The number of hydrogen-bond acceptors (Lipinski definition) is 3. The molecule has 1 fully saturated rings. The van der Waals surface area contributed by atoms with Gasteiger partial charge in [-0.05, 0) is 35.9 Å². The van der Waals surface area contributed by atoms with Crippen LogP contribution in [0.3, 0.4) is 0 Å². The first-order chi connectivity index (χ1) is 14.3. The lowest BCUT2D eigenvalue weighted by Crippen LogP contribution is -2.52. The van der Waals surface area contributed by atoms with Crippen LogP contribution in [-0.4, -0.2) is 35.0 Å². The van der Waals surface area contributed by atoms with Crippen LogP contribution in [0.15, 0.2) is 72.1 Å². The Balaban J connectivity index is 0.00000218. The number of carbonyl (C=O) groups excluding carboxylic acids is 1. The molecule has 5 rings (SSSR count). The number of para-hydroxylation sites is 1. The van der Waals surface area contributed by atoms with Crippen LogP contribution >= 0.6 is 23.7 Å². The number of urea groups is 1. The number of nitrogens with one attached hydrogen (secondary N) is 1. The van der Waals surface area contributed by atoms with Gasteiger partial charge in [-0.25, -0.2) is 4.79 Å². The van der Waals surface area contributed by atoms with Crippen LogP contribution in [0.2, 0.25) is 0 Å². The number of hydrogen-bond donors (Lipinski definition) is 1. The van der Waals surface area contributed by atoms with Crippen molar-refractivity contribution in [3.8, 4) is 0 Å². The second kappa shape index (κ2) is 9.21. The number of fused-ring (bicyclic) bond motifs is 1. The molecule has 156 valence electrons. The van der Waals surface area contributed by atoms with Crippen LogP contribution in [0, 0.1) is 0 Å². The van der Waals surface area contributed by atoms with Gasteiger partial charge >= 0.3 is 6.03 Å². The molecule has 0 saturated carbocycles. The smallest absolute Gasteiger partial charge is 0.310 e. The van der Waals surface area contributed by atoms with Crippen molar-refractivity contribution < 1.29 is 4.79 Å². The molecule has 3 heterocycles. The lowest BCUT2D eigenvalue weighted by molar-refractivity contribution is 0.106. The van der Waals surface area contributed by atoms with Gasteiger partial charge in [-0.15, -0.1) is 23.7 Å². The van der Waals surface area contributed by atoms with E-state index < -0.39 is 0 Å². The van der Waals surface area contributed by atoms with Crippen molar-refractivity contribution in [1.29, 1.82) is 0 Å². The van der Waals surface area contributed by atoms with Crippen LogP contribution in [-0.2, 0) is 6.54 Å². The minimum absolute atomic E-state index is 0. The molecule has 2 aromatic carbocycles. The van der Waals surface area contributed by atoms with Crippen LogP contribution in [0.5, 0.6) is 0 Å². The summed E-state index contributed by atoms with van der Waals surface area (Å²) in [7, 11) is 0. The second-order valence-corrected chi connectivity index (χ2v) is 8.86. The number of rotatable bonds is 4. The topological polar surface area (TPSA) is 35.6 Å². The predicted molar refractivity (Wildman–Crippen MR) is 125 cm³/mol. The third-order valence-electron chi connectivity index (χ3n) is 6.04. The van der Waals surface area contributed by atoms with Gasteiger partial charge in [0.2, 0.25) is 0 Å². The molecular weight excluding hydrogens is 414 g/mol. The summed E-state index contributed by atoms with van der Waals surface area (Å²) in [6.45, 7) is 3.06. The summed E-state index contributed by atoms with van der Waals surface area (Å²) in [5.74, 6) is 0. The molecule has 1 atom stereocenters. The number of likely N-dealkylation sites (tertiary alicyclic amines) is 1. The van der Waals surface area contributed by atoms with E-state index in [0.29, 0.717) is 0 Å². The molecule has 3 aromatic rings. The van der Waals surface area contributed by atoms with E-state index in [1.807, 2.05) is 29.5 Å². The molecule has 1 aromatic heterocycles. The summed E-state index contributed by atoms with van der Waals surface area (Å²) in [6.07, 6.45) is 2.01. The third kappa shape index (κ3) is 4.10. The highest BCUT2D eigenvalue weighted by atomic mass is 35.5. The number of amides is 2. The summed E-state index contributed by atoms with van der Waals surface area (Å²) in [4.78, 5) is 19.2. The summed E-state index contributed by atoms with van der Waals surface area (Å²) in [5, 5.41) is 5.27. The Bertz CT molecular complexity index is 971. The largest absolute Gasteiger partial charge is 0.322 e. The summed E-state index contributed by atoms with van der Waals surface area (Å²) < 4.78 is 0. The standard InChI is InChI=1S/C24H25N3OS.ClH/c28-24-25-22-11-5-4-10-21(22)23(18-7-2-1-3-8-18)27(24)19-12-14-26(15-13-19)17-20-9-6-16-29-20;/h1-11,16,19,23H,12-15,17H2,(H,25,28);1H. The molecule has 0 spiro atoms. The molecule has 2 aliphatic rings.